The fraction of sp³-hybridized carbons (Fsp3) is 0.967. The molecule has 4 fully saturated rings. The average molecular weight is 525 g/mol. The summed E-state index contributed by atoms with van der Waals surface area (Å²) in [4.78, 5) is 11.5. The van der Waals surface area contributed by atoms with E-state index >= 15 is 0 Å². The number of carbonyl (C=O) groups excluding carboxylic acids is 1. The number of esters is 1. The number of ether oxygens (including phenoxy) is 1. The van der Waals surface area contributed by atoms with Crippen molar-refractivity contribution in [2.45, 2.75) is 129 Å². The minimum atomic E-state index is -1.50. The number of hydrogen-bond donors (Lipinski definition) is 5. The van der Waals surface area contributed by atoms with Crippen LogP contribution in [-0.4, -0.2) is 67.6 Å². The summed E-state index contributed by atoms with van der Waals surface area (Å²) in [7, 11) is 0. The zero-order chi connectivity index (χ0) is 27.6. The second-order valence-electron chi connectivity index (χ2n) is 14.2. The molecule has 0 saturated heterocycles. The van der Waals surface area contributed by atoms with Gasteiger partial charge in [0.1, 0.15) is 11.2 Å². The van der Waals surface area contributed by atoms with Gasteiger partial charge in [-0.2, -0.15) is 0 Å². The highest BCUT2D eigenvalue weighted by molar-refractivity contribution is 5.66. The lowest BCUT2D eigenvalue weighted by atomic mass is 9.41. The van der Waals surface area contributed by atoms with Crippen LogP contribution in [0.15, 0.2) is 0 Å². The standard InChI is InChI=1S/C30H52O7/c1-17(7-8-18(2)27(4,5)37-19(3)32)22-9-10-24-21-14-26(35)30(36)15-20(33)13-25(34)28(30,6)23(21)11-12-29(22,24)16-31/h17-18,20-26,31,33-36H,7-16H2,1-6H3/t17-,18+,20+,21?,22?,23?,24?,25-,26-,28+,29+,30+/m1/s1. The highest BCUT2D eigenvalue weighted by Gasteiger charge is 2.70. The summed E-state index contributed by atoms with van der Waals surface area (Å²) in [5, 5.41) is 55.4. The number of aliphatic hydroxyl groups is 5. The molecule has 0 bridgehead atoms. The molecule has 0 heterocycles. The molecule has 37 heavy (non-hydrogen) atoms. The number of fused-ring (bicyclic) bond motifs is 5. The zero-order valence-electron chi connectivity index (χ0n) is 23.8. The second kappa shape index (κ2) is 10.0. The smallest absolute Gasteiger partial charge is 0.303 e. The lowest BCUT2D eigenvalue weighted by Crippen LogP contribution is -2.73. The van der Waals surface area contributed by atoms with Crippen LogP contribution in [-0.2, 0) is 9.53 Å². The van der Waals surface area contributed by atoms with Gasteiger partial charge in [0, 0.05) is 25.4 Å². The van der Waals surface area contributed by atoms with E-state index in [1.165, 1.54) is 6.92 Å². The van der Waals surface area contributed by atoms with Crippen molar-refractivity contribution in [1.29, 1.82) is 0 Å². The van der Waals surface area contributed by atoms with E-state index in [2.05, 4.69) is 13.8 Å². The van der Waals surface area contributed by atoms with Gasteiger partial charge in [-0.3, -0.25) is 4.79 Å². The molecular weight excluding hydrogens is 472 g/mol. The topological polar surface area (TPSA) is 127 Å². The first kappa shape index (κ1) is 29.3. The van der Waals surface area contributed by atoms with Crippen molar-refractivity contribution in [3.63, 3.8) is 0 Å². The third kappa shape index (κ3) is 4.49. The Bertz CT molecular complexity index is 846. The highest BCUT2D eigenvalue weighted by atomic mass is 16.6. The molecule has 4 rings (SSSR count). The summed E-state index contributed by atoms with van der Waals surface area (Å²) >= 11 is 0. The molecule has 0 spiro atoms. The third-order valence-corrected chi connectivity index (χ3v) is 12.3. The van der Waals surface area contributed by atoms with E-state index in [1.807, 2.05) is 20.8 Å². The van der Waals surface area contributed by atoms with Crippen molar-refractivity contribution in [1.82, 2.24) is 0 Å². The average Bonchev–Trinajstić information content (AvgIpc) is 3.19. The van der Waals surface area contributed by atoms with E-state index in [0.29, 0.717) is 18.3 Å². The Morgan fingerprint density at radius 3 is 2.32 bits per heavy atom. The van der Waals surface area contributed by atoms with Crippen molar-refractivity contribution < 1.29 is 35.1 Å². The van der Waals surface area contributed by atoms with Crippen LogP contribution in [0, 0.1) is 46.3 Å². The fourth-order valence-electron chi connectivity index (χ4n) is 9.88. The lowest BCUT2D eigenvalue weighted by Gasteiger charge is -2.66. The Morgan fingerprint density at radius 1 is 1.03 bits per heavy atom. The number of carbonyl (C=O) groups is 1. The Balaban J connectivity index is 1.53. The SMILES string of the molecule is CC(=O)OC(C)(C)[C@@H](C)CC[C@@H](C)C1CCC2C3C[C@@H](O)[C@@]4(O)C[C@@H](O)C[C@@H](O)[C@]4(C)C3CC[C@@]21CO. The molecule has 0 radical (unpaired) electrons. The molecule has 214 valence electrons. The van der Waals surface area contributed by atoms with E-state index in [4.69, 9.17) is 4.74 Å². The predicted molar refractivity (Wildman–Crippen MR) is 140 cm³/mol. The van der Waals surface area contributed by atoms with Gasteiger partial charge in [-0.15, -0.1) is 0 Å². The van der Waals surface area contributed by atoms with Crippen molar-refractivity contribution in [2.75, 3.05) is 6.61 Å². The Labute approximate surface area is 223 Å². The van der Waals surface area contributed by atoms with Crippen LogP contribution in [0.1, 0.15) is 99.3 Å². The second-order valence-corrected chi connectivity index (χ2v) is 14.2. The maximum atomic E-state index is 11.7. The van der Waals surface area contributed by atoms with Crippen molar-refractivity contribution in [2.24, 2.45) is 46.3 Å². The zero-order valence-corrected chi connectivity index (χ0v) is 23.8. The quantitative estimate of drug-likeness (QED) is 0.323. The van der Waals surface area contributed by atoms with Gasteiger partial charge in [0.2, 0.25) is 0 Å². The first-order valence-corrected chi connectivity index (χ1v) is 14.7. The summed E-state index contributed by atoms with van der Waals surface area (Å²) in [5.74, 6) is 1.15. The van der Waals surface area contributed by atoms with Gasteiger partial charge in [0.05, 0.1) is 18.3 Å². The van der Waals surface area contributed by atoms with E-state index in [-0.39, 0.29) is 54.5 Å². The Morgan fingerprint density at radius 2 is 1.70 bits per heavy atom. The Hall–Kier alpha value is -0.730. The molecule has 0 aromatic rings. The molecule has 7 nitrogen and oxygen atoms in total. The van der Waals surface area contributed by atoms with Crippen LogP contribution in [0.25, 0.3) is 0 Å². The molecule has 4 unspecified atom stereocenters. The maximum Gasteiger partial charge on any atom is 0.303 e. The number of rotatable bonds is 7. The van der Waals surface area contributed by atoms with Crippen LogP contribution in [0.3, 0.4) is 0 Å². The monoisotopic (exact) mass is 524 g/mol. The normalized spacial score (nSPS) is 47.4. The first-order chi connectivity index (χ1) is 17.1. The molecule has 0 aromatic carbocycles. The minimum absolute atomic E-state index is 0.0479. The van der Waals surface area contributed by atoms with Crippen LogP contribution >= 0.6 is 0 Å². The van der Waals surface area contributed by atoms with Crippen molar-refractivity contribution in [3.8, 4) is 0 Å². The maximum absolute atomic E-state index is 11.7. The molecule has 4 aliphatic carbocycles. The van der Waals surface area contributed by atoms with Gasteiger partial charge in [0.25, 0.3) is 0 Å². The number of aliphatic hydroxyl groups excluding tert-OH is 4. The molecule has 12 atom stereocenters. The molecule has 5 N–H and O–H groups in total. The number of hydrogen-bond acceptors (Lipinski definition) is 7. The van der Waals surface area contributed by atoms with E-state index in [0.717, 1.165) is 38.5 Å². The molecule has 0 aromatic heterocycles. The van der Waals surface area contributed by atoms with Crippen LogP contribution in [0.4, 0.5) is 0 Å². The molecule has 4 saturated carbocycles. The summed E-state index contributed by atoms with van der Waals surface area (Å²) in [6, 6.07) is 0. The van der Waals surface area contributed by atoms with E-state index < -0.39 is 34.9 Å². The van der Waals surface area contributed by atoms with Gasteiger partial charge in [-0.05, 0) is 99.7 Å². The summed E-state index contributed by atoms with van der Waals surface area (Å²) in [6.45, 7) is 11.9. The Kier molecular flexibility index (Phi) is 7.93. The van der Waals surface area contributed by atoms with E-state index in [9.17, 15) is 30.3 Å². The minimum Gasteiger partial charge on any atom is -0.460 e. The van der Waals surface area contributed by atoms with Crippen LogP contribution in [0.2, 0.25) is 0 Å². The summed E-state index contributed by atoms with van der Waals surface area (Å²) in [6.07, 6.45) is 3.72. The van der Waals surface area contributed by atoms with Crippen LogP contribution in [0.5, 0.6) is 0 Å². The lowest BCUT2D eigenvalue weighted by molar-refractivity contribution is -0.296. The molecule has 4 aliphatic rings. The molecular formula is C30H52O7. The summed E-state index contributed by atoms with van der Waals surface area (Å²) in [5.41, 5.74) is -3.10. The molecule has 0 amide bonds. The van der Waals surface area contributed by atoms with Gasteiger partial charge in [-0.25, -0.2) is 0 Å². The fourth-order valence-corrected chi connectivity index (χ4v) is 9.88. The van der Waals surface area contributed by atoms with Gasteiger partial charge < -0.3 is 30.3 Å². The van der Waals surface area contributed by atoms with Gasteiger partial charge in [-0.1, -0.05) is 27.2 Å². The third-order valence-electron chi connectivity index (χ3n) is 12.3. The van der Waals surface area contributed by atoms with Gasteiger partial charge in [0.15, 0.2) is 0 Å². The van der Waals surface area contributed by atoms with Crippen molar-refractivity contribution >= 4 is 5.97 Å². The first-order valence-electron chi connectivity index (χ1n) is 14.7. The van der Waals surface area contributed by atoms with Crippen LogP contribution < -0.4 is 0 Å². The highest BCUT2D eigenvalue weighted by Crippen LogP contribution is 2.69. The summed E-state index contributed by atoms with van der Waals surface area (Å²) < 4.78 is 5.57. The van der Waals surface area contributed by atoms with Gasteiger partial charge >= 0.3 is 5.97 Å². The molecule has 0 aliphatic heterocycles. The van der Waals surface area contributed by atoms with E-state index in [1.54, 1.807) is 0 Å². The largest absolute Gasteiger partial charge is 0.460 e. The van der Waals surface area contributed by atoms with Crippen molar-refractivity contribution in [3.05, 3.63) is 0 Å². The predicted octanol–water partition coefficient (Wildman–Crippen LogP) is 3.43. The molecule has 7 heteroatoms.